The van der Waals surface area contributed by atoms with Crippen molar-refractivity contribution in [1.82, 2.24) is 0 Å². The number of aryl methyl sites for hydroxylation is 2. The third kappa shape index (κ3) is 5.49. The van der Waals surface area contributed by atoms with Crippen molar-refractivity contribution >= 4 is 11.8 Å². The van der Waals surface area contributed by atoms with Gasteiger partial charge in [0, 0.05) is 24.3 Å². The van der Waals surface area contributed by atoms with Crippen LogP contribution in [0.3, 0.4) is 0 Å². The van der Waals surface area contributed by atoms with Crippen LogP contribution in [0.25, 0.3) is 11.1 Å². The van der Waals surface area contributed by atoms with Crippen LogP contribution < -0.4 is 9.47 Å². The normalized spacial score (nSPS) is 14.1. The molecule has 172 valence electrons. The molecule has 1 aliphatic rings. The molecule has 6 nitrogen and oxygen atoms in total. The maximum Gasteiger partial charge on any atom is 0.309 e. The predicted octanol–water partition coefficient (Wildman–Crippen LogP) is 4.78. The fourth-order valence-electron chi connectivity index (χ4n) is 4.02. The third-order valence-corrected chi connectivity index (χ3v) is 5.82. The van der Waals surface area contributed by atoms with Gasteiger partial charge < -0.3 is 18.9 Å². The Kier molecular flexibility index (Phi) is 8.28. The molecule has 6 heteroatoms. The number of hydrogen-bond acceptors (Lipinski definition) is 6. The summed E-state index contributed by atoms with van der Waals surface area (Å²) in [5.74, 6) is 1.01. The summed E-state index contributed by atoms with van der Waals surface area (Å²) < 4.78 is 22.4. The van der Waals surface area contributed by atoms with E-state index < -0.39 is 0 Å². The van der Waals surface area contributed by atoms with Gasteiger partial charge in [-0.25, -0.2) is 0 Å². The van der Waals surface area contributed by atoms with Crippen molar-refractivity contribution in [3.8, 4) is 22.6 Å². The first kappa shape index (κ1) is 23.8. The number of Topliss-reactive ketones (excluding diaryl/α,β-unsaturated/α-hetero) is 1. The van der Waals surface area contributed by atoms with Crippen LogP contribution >= 0.6 is 0 Å². The van der Waals surface area contributed by atoms with E-state index in [-0.39, 0.29) is 30.9 Å². The van der Waals surface area contributed by atoms with Gasteiger partial charge in [0.15, 0.2) is 17.3 Å². The molecule has 1 aliphatic heterocycles. The molecule has 0 aromatic heterocycles. The van der Waals surface area contributed by atoms with Gasteiger partial charge in [-0.15, -0.1) is 0 Å². The first-order valence-electron chi connectivity index (χ1n) is 11.1. The molecule has 2 aromatic carbocycles. The van der Waals surface area contributed by atoms with E-state index >= 15 is 0 Å². The largest absolute Gasteiger partial charge is 0.493 e. The molecule has 0 radical (unpaired) electrons. The van der Waals surface area contributed by atoms with Crippen molar-refractivity contribution in [2.75, 3.05) is 33.5 Å². The van der Waals surface area contributed by atoms with Crippen molar-refractivity contribution in [1.29, 1.82) is 0 Å². The molecule has 0 N–H and O–H groups in total. The lowest BCUT2D eigenvalue weighted by atomic mass is 9.95. The molecule has 1 fully saturated rings. The zero-order valence-electron chi connectivity index (χ0n) is 19.4. The van der Waals surface area contributed by atoms with Crippen LogP contribution in [0.1, 0.15) is 48.2 Å². The van der Waals surface area contributed by atoms with Gasteiger partial charge in [-0.3, -0.25) is 9.59 Å². The zero-order chi connectivity index (χ0) is 23.1. The van der Waals surface area contributed by atoms with Crippen LogP contribution in [0.2, 0.25) is 0 Å². The summed E-state index contributed by atoms with van der Waals surface area (Å²) >= 11 is 0. The third-order valence-electron chi connectivity index (χ3n) is 5.82. The van der Waals surface area contributed by atoms with Gasteiger partial charge in [0.25, 0.3) is 0 Å². The number of ketones is 1. The number of benzene rings is 2. The van der Waals surface area contributed by atoms with Gasteiger partial charge >= 0.3 is 5.97 Å². The van der Waals surface area contributed by atoms with Gasteiger partial charge in [0.2, 0.25) is 0 Å². The minimum atomic E-state index is -0.194. The molecule has 0 aliphatic carbocycles. The Bertz CT molecular complexity index is 959. The van der Waals surface area contributed by atoms with E-state index in [1.165, 1.54) is 0 Å². The summed E-state index contributed by atoms with van der Waals surface area (Å²) in [5.41, 5.74) is 4.48. The first-order valence-corrected chi connectivity index (χ1v) is 11.1. The number of methoxy groups -OCH3 is 1. The summed E-state index contributed by atoms with van der Waals surface area (Å²) in [4.78, 5) is 24.2. The molecule has 0 bridgehead atoms. The molecule has 1 saturated heterocycles. The molecule has 0 atom stereocenters. The standard InChI is InChI=1S/C26H32O6/c1-5-19-16-21(7-9-22(19)18(3)27)23-8-6-17(2)24(29-4)25(23)31-14-15-32-26(28)20-10-12-30-13-11-20/h6-9,16,20H,5,10-15H2,1-4H3. The van der Waals surface area contributed by atoms with Gasteiger partial charge in [0.1, 0.15) is 13.2 Å². The SMILES string of the molecule is CCc1cc(-c2ccc(C)c(OC)c2OCCOC(=O)C2CCOCC2)ccc1C(C)=O. The minimum absolute atomic E-state index is 0.0534. The monoisotopic (exact) mass is 440 g/mol. The number of ether oxygens (including phenoxy) is 4. The maximum atomic E-state index is 12.2. The van der Waals surface area contributed by atoms with Crippen molar-refractivity contribution in [2.24, 2.45) is 5.92 Å². The van der Waals surface area contributed by atoms with E-state index in [2.05, 4.69) is 0 Å². The van der Waals surface area contributed by atoms with Crippen LogP contribution in [0.4, 0.5) is 0 Å². The molecule has 0 unspecified atom stereocenters. The minimum Gasteiger partial charge on any atom is -0.493 e. The highest BCUT2D eigenvalue weighted by molar-refractivity contribution is 5.96. The van der Waals surface area contributed by atoms with Crippen LogP contribution in [0, 0.1) is 12.8 Å². The number of rotatable bonds is 9. The topological polar surface area (TPSA) is 71.1 Å². The lowest BCUT2D eigenvalue weighted by Crippen LogP contribution is -2.26. The Balaban J connectivity index is 1.78. The van der Waals surface area contributed by atoms with Gasteiger partial charge in [-0.05, 0) is 49.8 Å². The second-order valence-electron chi connectivity index (χ2n) is 7.98. The average molecular weight is 441 g/mol. The quantitative estimate of drug-likeness (QED) is 0.317. The molecule has 3 rings (SSSR count). The van der Waals surface area contributed by atoms with E-state index in [0.29, 0.717) is 37.6 Å². The Labute approximate surface area is 189 Å². The summed E-state index contributed by atoms with van der Waals surface area (Å²) in [5, 5.41) is 0. The molecule has 1 heterocycles. The summed E-state index contributed by atoms with van der Waals surface area (Å²) in [6.45, 7) is 7.15. The van der Waals surface area contributed by atoms with E-state index in [4.69, 9.17) is 18.9 Å². The number of carbonyl (C=O) groups is 2. The second-order valence-corrected chi connectivity index (χ2v) is 7.98. The summed E-state index contributed by atoms with van der Waals surface area (Å²) in [6.07, 6.45) is 2.15. The second kappa shape index (κ2) is 11.1. The Hall–Kier alpha value is -2.86. The Morgan fingerprint density at radius 3 is 2.47 bits per heavy atom. The zero-order valence-corrected chi connectivity index (χ0v) is 19.4. The van der Waals surface area contributed by atoms with Crippen LogP contribution in [0.15, 0.2) is 30.3 Å². The molecular weight excluding hydrogens is 408 g/mol. The summed E-state index contributed by atoms with van der Waals surface area (Å²) in [7, 11) is 1.61. The van der Waals surface area contributed by atoms with Crippen LogP contribution in [-0.2, 0) is 20.7 Å². The predicted molar refractivity (Wildman–Crippen MR) is 123 cm³/mol. The smallest absolute Gasteiger partial charge is 0.309 e. The average Bonchev–Trinajstić information content (AvgIpc) is 2.81. The molecule has 0 spiro atoms. The van der Waals surface area contributed by atoms with Gasteiger partial charge in [-0.1, -0.05) is 37.3 Å². The molecule has 32 heavy (non-hydrogen) atoms. The molecule has 0 amide bonds. The maximum absolute atomic E-state index is 12.2. The van der Waals surface area contributed by atoms with Gasteiger partial charge in [0.05, 0.1) is 13.0 Å². The lowest BCUT2D eigenvalue weighted by Gasteiger charge is -2.21. The number of hydrogen-bond donors (Lipinski definition) is 0. The molecule has 2 aromatic rings. The van der Waals surface area contributed by atoms with Crippen molar-refractivity contribution in [3.63, 3.8) is 0 Å². The lowest BCUT2D eigenvalue weighted by molar-refractivity contribution is -0.152. The first-order chi connectivity index (χ1) is 15.5. The Morgan fingerprint density at radius 2 is 1.81 bits per heavy atom. The fraction of sp³-hybridized carbons (Fsp3) is 0.462. The number of carbonyl (C=O) groups excluding carboxylic acids is 2. The van der Waals surface area contributed by atoms with Crippen LogP contribution in [0.5, 0.6) is 11.5 Å². The van der Waals surface area contributed by atoms with Gasteiger partial charge in [-0.2, -0.15) is 0 Å². The van der Waals surface area contributed by atoms with E-state index in [1.54, 1.807) is 14.0 Å². The van der Waals surface area contributed by atoms with Crippen molar-refractivity contribution in [3.05, 3.63) is 47.0 Å². The van der Waals surface area contributed by atoms with E-state index in [1.807, 2.05) is 44.2 Å². The fourth-order valence-corrected chi connectivity index (χ4v) is 4.02. The van der Waals surface area contributed by atoms with E-state index in [9.17, 15) is 9.59 Å². The Morgan fingerprint density at radius 1 is 1.06 bits per heavy atom. The van der Waals surface area contributed by atoms with Crippen molar-refractivity contribution in [2.45, 2.75) is 40.0 Å². The molecular formula is C26H32O6. The molecule has 0 saturated carbocycles. The summed E-state index contributed by atoms with van der Waals surface area (Å²) in [6, 6.07) is 9.79. The highest BCUT2D eigenvalue weighted by Crippen LogP contribution is 2.41. The van der Waals surface area contributed by atoms with E-state index in [0.717, 1.165) is 34.2 Å². The highest BCUT2D eigenvalue weighted by atomic mass is 16.6. The number of esters is 1. The van der Waals surface area contributed by atoms with Crippen LogP contribution in [-0.4, -0.2) is 45.3 Å². The van der Waals surface area contributed by atoms with Crippen molar-refractivity contribution < 1.29 is 28.5 Å². The highest BCUT2D eigenvalue weighted by Gasteiger charge is 2.23.